The van der Waals surface area contributed by atoms with Crippen LogP contribution in [0.2, 0.25) is 0 Å². The van der Waals surface area contributed by atoms with E-state index in [0.717, 1.165) is 31.9 Å². The molecular weight excluding hydrogens is 236 g/mol. The highest BCUT2D eigenvalue weighted by Crippen LogP contribution is 2.42. The summed E-state index contributed by atoms with van der Waals surface area (Å²) in [7, 11) is 0. The van der Waals surface area contributed by atoms with Crippen molar-refractivity contribution < 1.29 is 4.74 Å². The summed E-state index contributed by atoms with van der Waals surface area (Å²) in [6.07, 6.45) is 3.59. The van der Waals surface area contributed by atoms with Gasteiger partial charge in [0.2, 0.25) is 0 Å². The molecule has 0 bridgehead atoms. The summed E-state index contributed by atoms with van der Waals surface area (Å²) in [5.41, 5.74) is 2.40. The summed E-state index contributed by atoms with van der Waals surface area (Å²) in [6.45, 7) is 2.83. The molecule has 92 valence electrons. The number of para-hydroxylation sites is 2. The van der Waals surface area contributed by atoms with Gasteiger partial charge in [-0.2, -0.15) is 0 Å². The van der Waals surface area contributed by atoms with Crippen LogP contribution in [0.3, 0.4) is 0 Å². The molecule has 4 heteroatoms. The highest BCUT2D eigenvalue weighted by atomic mass is 35.5. The fourth-order valence-electron chi connectivity index (χ4n) is 3.11. The van der Waals surface area contributed by atoms with Crippen LogP contribution in [0.4, 0.5) is 11.4 Å². The average Bonchev–Trinajstić information content (AvgIpc) is 3.00. The first kappa shape index (κ1) is 11.2. The first-order valence-corrected chi connectivity index (χ1v) is 6.55. The van der Waals surface area contributed by atoms with Crippen LogP contribution in [-0.4, -0.2) is 25.3 Å². The van der Waals surface area contributed by atoms with Crippen LogP contribution in [0.25, 0.3) is 0 Å². The largest absolute Gasteiger partial charge is 0.379 e. The molecule has 3 nitrogen and oxygen atoms in total. The Hall–Kier alpha value is -0.930. The third kappa shape index (κ3) is 1.78. The molecule has 0 saturated carbocycles. The van der Waals surface area contributed by atoms with Crippen LogP contribution in [0.5, 0.6) is 0 Å². The summed E-state index contributed by atoms with van der Waals surface area (Å²) in [5, 5.41) is 0. The van der Waals surface area contributed by atoms with Crippen LogP contribution >= 0.6 is 11.8 Å². The summed E-state index contributed by atoms with van der Waals surface area (Å²) in [4.78, 5) is 5.25. The zero-order valence-electron chi connectivity index (χ0n) is 9.79. The number of hydrogen-bond donors (Lipinski definition) is 1. The summed E-state index contributed by atoms with van der Waals surface area (Å²) in [5.74, 6) is 0. The Balaban J connectivity index is 1.97. The van der Waals surface area contributed by atoms with Crippen molar-refractivity contribution >= 4 is 23.2 Å². The van der Waals surface area contributed by atoms with Crippen molar-refractivity contribution in [3.8, 4) is 0 Å². The minimum atomic E-state index is 0.212. The molecule has 1 aromatic carbocycles. The summed E-state index contributed by atoms with van der Waals surface area (Å²) >= 11 is 5.80. The minimum absolute atomic E-state index is 0.212. The van der Waals surface area contributed by atoms with E-state index in [-0.39, 0.29) is 5.54 Å². The number of hydrogen-bond acceptors (Lipinski definition) is 3. The third-order valence-corrected chi connectivity index (χ3v) is 4.18. The van der Waals surface area contributed by atoms with Gasteiger partial charge in [0.1, 0.15) is 0 Å². The fourth-order valence-corrected chi connectivity index (χ4v) is 3.27. The van der Waals surface area contributed by atoms with Crippen molar-refractivity contribution in [3.63, 3.8) is 0 Å². The van der Waals surface area contributed by atoms with E-state index < -0.39 is 0 Å². The molecule has 1 unspecified atom stereocenters. The van der Waals surface area contributed by atoms with Gasteiger partial charge < -0.3 is 9.64 Å². The van der Waals surface area contributed by atoms with Crippen molar-refractivity contribution in [2.24, 2.45) is 0 Å². The van der Waals surface area contributed by atoms with Gasteiger partial charge in [-0.25, -0.2) is 0 Å². The van der Waals surface area contributed by atoms with Gasteiger partial charge in [-0.1, -0.05) is 12.1 Å². The fraction of sp³-hybridized carbons (Fsp3) is 0.538. The number of halogens is 1. The number of rotatable bonds is 2. The van der Waals surface area contributed by atoms with Gasteiger partial charge >= 0.3 is 0 Å². The average molecular weight is 253 g/mol. The van der Waals surface area contributed by atoms with E-state index in [4.69, 9.17) is 16.5 Å². The van der Waals surface area contributed by atoms with Gasteiger partial charge in [-0.15, -0.1) is 0 Å². The molecule has 1 N–H and O–H groups in total. The number of benzene rings is 1. The van der Waals surface area contributed by atoms with E-state index in [1.807, 2.05) is 12.1 Å². The Morgan fingerprint density at radius 2 is 2.18 bits per heavy atom. The highest BCUT2D eigenvalue weighted by molar-refractivity contribution is 6.24. The Morgan fingerprint density at radius 3 is 2.94 bits per heavy atom. The number of nitrogens with one attached hydrogen (secondary N) is 1. The van der Waals surface area contributed by atoms with Crippen LogP contribution < -0.4 is 9.74 Å². The molecule has 2 fully saturated rings. The van der Waals surface area contributed by atoms with Crippen LogP contribution in [0, 0.1) is 0 Å². The molecule has 3 rings (SSSR count). The lowest BCUT2D eigenvalue weighted by Crippen LogP contribution is -2.44. The predicted octanol–water partition coefficient (Wildman–Crippen LogP) is 3.01. The number of nitrogens with zero attached hydrogens (tertiary/aromatic N) is 1. The Kier molecular flexibility index (Phi) is 2.89. The molecule has 0 aromatic heterocycles. The monoisotopic (exact) mass is 252 g/mol. The first-order chi connectivity index (χ1) is 8.36. The summed E-state index contributed by atoms with van der Waals surface area (Å²) < 4.78 is 5.61. The predicted molar refractivity (Wildman–Crippen MR) is 70.7 cm³/mol. The van der Waals surface area contributed by atoms with Crippen molar-refractivity contribution in [2.45, 2.75) is 24.8 Å². The lowest BCUT2D eigenvalue weighted by molar-refractivity contribution is 0.178. The zero-order chi connectivity index (χ0) is 11.7. The lowest BCUT2D eigenvalue weighted by atomic mass is 9.95. The molecule has 1 aromatic rings. The number of anilines is 2. The van der Waals surface area contributed by atoms with E-state index in [0.29, 0.717) is 0 Å². The van der Waals surface area contributed by atoms with Gasteiger partial charge in [-0.3, -0.25) is 4.84 Å². The normalized spacial score (nSPS) is 27.9. The molecule has 0 radical (unpaired) electrons. The second kappa shape index (κ2) is 4.39. The summed E-state index contributed by atoms with van der Waals surface area (Å²) in [6, 6.07) is 8.22. The van der Waals surface area contributed by atoms with Gasteiger partial charge in [0, 0.05) is 24.9 Å². The van der Waals surface area contributed by atoms with Crippen molar-refractivity contribution in [1.82, 2.24) is 0 Å². The second-order valence-electron chi connectivity index (χ2n) is 4.89. The van der Waals surface area contributed by atoms with E-state index in [2.05, 4.69) is 21.9 Å². The lowest BCUT2D eigenvalue weighted by Gasteiger charge is -2.36. The number of ether oxygens (including phenoxy) is 1. The topological polar surface area (TPSA) is 24.5 Å². The van der Waals surface area contributed by atoms with Crippen LogP contribution in [0.15, 0.2) is 24.3 Å². The standard InChI is InChI=1S/C13H17ClN2O/c14-15-11-4-1-2-5-12(11)16-8-3-6-13(16)7-9-17-10-13/h1-2,4-5,15H,3,6-10H2. The Bertz CT molecular complexity index is 399. The maximum absolute atomic E-state index is 5.80. The molecule has 2 saturated heterocycles. The Labute approximate surface area is 107 Å². The molecule has 0 amide bonds. The molecule has 2 aliphatic rings. The molecule has 0 aliphatic carbocycles. The molecule has 1 atom stereocenters. The van der Waals surface area contributed by atoms with Crippen LogP contribution in [0.1, 0.15) is 19.3 Å². The zero-order valence-corrected chi connectivity index (χ0v) is 10.5. The maximum Gasteiger partial charge on any atom is 0.0725 e. The molecular formula is C13H17ClN2O. The van der Waals surface area contributed by atoms with E-state index in [1.165, 1.54) is 18.5 Å². The smallest absolute Gasteiger partial charge is 0.0725 e. The second-order valence-corrected chi connectivity index (χ2v) is 5.08. The van der Waals surface area contributed by atoms with E-state index in [1.54, 1.807) is 0 Å². The van der Waals surface area contributed by atoms with Gasteiger partial charge in [0.15, 0.2) is 0 Å². The molecule has 2 heterocycles. The third-order valence-electron chi connectivity index (χ3n) is 3.98. The molecule has 17 heavy (non-hydrogen) atoms. The molecule has 1 spiro atoms. The molecule has 2 aliphatic heterocycles. The SMILES string of the molecule is ClNc1ccccc1N1CCCC12CCOC2. The first-order valence-electron chi connectivity index (χ1n) is 6.17. The van der Waals surface area contributed by atoms with Gasteiger partial charge in [0.25, 0.3) is 0 Å². The van der Waals surface area contributed by atoms with Crippen molar-refractivity contribution in [3.05, 3.63) is 24.3 Å². The highest BCUT2D eigenvalue weighted by Gasteiger charge is 2.44. The van der Waals surface area contributed by atoms with Gasteiger partial charge in [-0.05, 0) is 31.4 Å². The quantitative estimate of drug-likeness (QED) is 0.819. The Morgan fingerprint density at radius 1 is 1.29 bits per heavy atom. The van der Waals surface area contributed by atoms with Crippen molar-refractivity contribution in [1.29, 1.82) is 0 Å². The van der Waals surface area contributed by atoms with E-state index in [9.17, 15) is 0 Å². The van der Waals surface area contributed by atoms with E-state index >= 15 is 0 Å². The van der Waals surface area contributed by atoms with Crippen molar-refractivity contribution in [2.75, 3.05) is 29.5 Å². The van der Waals surface area contributed by atoms with Gasteiger partial charge in [0.05, 0.1) is 23.5 Å². The minimum Gasteiger partial charge on any atom is -0.379 e. The maximum atomic E-state index is 5.80. The van der Waals surface area contributed by atoms with Crippen LogP contribution in [-0.2, 0) is 4.74 Å².